The normalized spacial score (nSPS) is 18.8. The molecular formula is C23H28N4O3S3. The number of thiazole rings is 1. The van der Waals surface area contributed by atoms with Gasteiger partial charge in [0.1, 0.15) is 4.21 Å². The lowest BCUT2D eigenvalue weighted by molar-refractivity contribution is -0.137. The van der Waals surface area contributed by atoms with Gasteiger partial charge in [0.25, 0.3) is 10.0 Å². The number of rotatable bonds is 4. The van der Waals surface area contributed by atoms with Crippen LogP contribution >= 0.6 is 22.7 Å². The predicted molar refractivity (Wildman–Crippen MR) is 134 cm³/mol. The van der Waals surface area contributed by atoms with Gasteiger partial charge in [-0.05, 0) is 55.3 Å². The van der Waals surface area contributed by atoms with Crippen LogP contribution in [0.4, 0.5) is 5.13 Å². The van der Waals surface area contributed by atoms with Crippen LogP contribution in [0.15, 0.2) is 33.9 Å². The highest BCUT2D eigenvalue weighted by molar-refractivity contribution is 7.91. The number of carbonyl (C=O) groups excluding carboxylic acids is 1. The lowest BCUT2D eigenvalue weighted by Gasteiger charge is -2.38. The molecule has 2 aliphatic rings. The molecule has 7 nitrogen and oxygen atoms in total. The molecule has 0 atom stereocenters. The van der Waals surface area contributed by atoms with Gasteiger partial charge in [-0.25, -0.2) is 13.4 Å². The van der Waals surface area contributed by atoms with Gasteiger partial charge < -0.3 is 9.80 Å². The fraction of sp³-hybridized carbons (Fsp3) is 0.478. The number of carbonyl (C=O) groups is 1. The van der Waals surface area contributed by atoms with Crippen LogP contribution in [0.2, 0.25) is 0 Å². The first-order valence-electron chi connectivity index (χ1n) is 11.3. The van der Waals surface area contributed by atoms with Crippen LogP contribution in [0.1, 0.15) is 24.0 Å². The number of nitrogens with zero attached hydrogens (tertiary/aromatic N) is 4. The Hall–Kier alpha value is -2.01. The highest BCUT2D eigenvalue weighted by Crippen LogP contribution is 2.33. The third-order valence-electron chi connectivity index (χ3n) is 6.56. The van der Waals surface area contributed by atoms with Gasteiger partial charge in [-0.15, -0.1) is 11.3 Å². The smallest absolute Gasteiger partial charge is 0.252 e. The number of benzene rings is 1. The largest absolute Gasteiger partial charge is 0.345 e. The van der Waals surface area contributed by atoms with E-state index < -0.39 is 10.0 Å². The number of aromatic nitrogens is 1. The fourth-order valence-corrected chi connectivity index (χ4v) is 8.44. The third kappa shape index (κ3) is 4.41. The lowest BCUT2D eigenvalue weighted by Crippen LogP contribution is -2.52. The first-order valence-corrected chi connectivity index (χ1v) is 14.4. The quantitative estimate of drug-likeness (QED) is 0.541. The number of amides is 1. The number of aryl methyl sites for hydroxylation is 2. The van der Waals surface area contributed by atoms with Crippen molar-refractivity contribution in [3.63, 3.8) is 0 Å². The molecule has 0 unspecified atom stereocenters. The Morgan fingerprint density at radius 2 is 1.79 bits per heavy atom. The summed E-state index contributed by atoms with van der Waals surface area (Å²) in [6.45, 7) is 7.94. The number of piperazine rings is 1. The van der Waals surface area contributed by atoms with Crippen molar-refractivity contribution in [2.45, 2.75) is 30.9 Å². The number of hydrogen-bond acceptors (Lipinski definition) is 7. The van der Waals surface area contributed by atoms with E-state index in [-0.39, 0.29) is 11.8 Å². The summed E-state index contributed by atoms with van der Waals surface area (Å²) in [5.41, 5.74) is 3.53. The Labute approximate surface area is 202 Å². The molecule has 10 heteroatoms. The number of anilines is 1. The number of piperidine rings is 1. The van der Waals surface area contributed by atoms with Gasteiger partial charge in [0.2, 0.25) is 5.91 Å². The van der Waals surface area contributed by atoms with Crippen LogP contribution in [0.3, 0.4) is 0 Å². The molecule has 4 heterocycles. The van der Waals surface area contributed by atoms with E-state index in [9.17, 15) is 13.2 Å². The molecule has 1 aromatic carbocycles. The third-order valence-corrected chi connectivity index (χ3v) is 11.1. The molecule has 176 valence electrons. The maximum absolute atomic E-state index is 13.1. The van der Waals surface area contributed by atoms with Crippen LogP contribution in [-0.2, 0) is 14.8 Å². The molecule has 0 saturated carbocycles. The summed E-state index contributed by atoms with van der Waals surface area (Å²) >= 11 is 2.97. The fourth-order valence-electron chi connectivity index (χ4n) is 4.76. The molecule has 2 aliphatic heterocycles. The van der Waals surface area contributed by atoms with Crippen LogP contribution in [-0.4, -0.2) is 67.8 Å². The molecule has 33 heavy (non-hydrogen) atoms. The summed E-state index contributed by atoms with van der Waals surface area (Å²) in [6, 6.07) is 7.72. The Balaban J connectivity index is 1.17. The van der Waals surface area contributed by atoms with E-state index in [4.69, 9.17) is 4.98 Å². The van der Waals surface area contributed by atoms with Crippen molar-refractivity contribution in [3.05, 3.63) is 40.8 Å². The van der Waals surface area contributed by atoms with Crippen molar-refractivity contribution >= 4 is 54.0 Å². The molecule has 2 aromatic heterocycles. The monoisotopic (exact) mass is 504 g/mol. The van der Waals surface area contributed by atoms with Crippen LogP contribution in [0.5, 0.6) is 0 Å². The standard InChI is InChI=1S/C23H28N4O3S3/c1-16-14-17(2)21-19(15-16)24-23(32-21)26-11-9-25(10-12-26)22(28)18-5-7-27(8-6-18)33(29,30)20-4-3-13-31-20/h3-4,13-15,18H,5-12H2,1-2H3. The SMILES string of the molecule is Cc1cc(C)c2sc(N3CCN(C(=O)C4CCN(S(=O)(=O)c5cccs5)CC4)CC3)nc2c1. The summed E-state index contributed by atoms with van der Waals surface area (Å²) in [4.78, 5) is 22.2. The molecule has 5 rings (SSSR count). The predicted octanol–water partition coefficient (Wildman–Crippen LogP) is 3.72. The van der Waals surface area contributed by atoms with Crippen molar-refractivity contribution in [2.75, 3.05) is 44.2 Å². The molecule has 2 saturated heterocycles. The summed E-state index contributed by atoms with van der Waals surface area (Å²) in [7, 11) is -3.43. The maximum atomic E-state index is 13.1. The number of thiophene rings is 1. The number of fused-ring (bicyclic) bond motifs is 1. The average Bonchev–Trinajstić information content (AvgIpc) is 3.50. The van der Waals surface area contributed by atoms with E-state index in [1.165, 1.54) is 31.5 Å². The second kappa shape index (κ2) is 8.98. The Bertz CT molecular complexity index is 1250. The Morgan fingerprint density at radius 1 is 1.06 bits per heavy atom. The van der Waals surface area contributed by atoms with Gasteiger partial charge in [-0.2, -0.15) is 4.31 Å². The second-order valence-corrected chi connectivity index (χ2v) is 12.9. The van der Waals surface area contributed by atoms with Gasteiger partial charge in [-0.1, -0.05) is 23.5 Å². The molecule has 0 bridgehead atoms. The average molecular weight is 505 g/mol. The van der Waals surface area contributed by atoms with E-state index in [1.54, 1.807) is 28.8 Å². The van der Waals surface area contributed by atoms with Crippen LogP contribution < -0.4 is 4.90 Å². The molecule has 0 N–H and O–H groups in total. The highest BCUT2D eigenvalue weighted by atomic mass is 32.2. The van der Waals surface area contributed by atoms with Crippen LogP contribution in [0.25, 0.3) is 10.2 Å². The topological polar surface area (TPSA) is 73.8 Å². The second-order valence-electron chi connectivity index (χ2n) is 8.85. The van der Waals surface area contributed by atoms with E-state index >= 15 is 0 Å². The molecule has 2 fully saturated rings. The number of hydrogen-bond donors (Lipinski definition) is 0. The summed E-state index contributed by atoms with van der Waals surface area (Å²) < 4.78 is 28.6. The van der Waals surface area contributed by atoms with Crippen molar-refractivity contribution in [1.29, 1.82) is 0 Å². The zero-order valence-corrected chi connectivity index (χ0v) is 21.3. The molecule has 0 aliphatic carbocycles. The van der Waals surface area contributed by atoms with E-state index in [0.29, 0.717) is 43.2 Å². The van der Waals surface area contributed by atoms with Crippen molar-refractivity contribution in [3.8, 4) is 0 Å². The van der Waals surface area contributed by atoms with Gasteiger partial charge in [-0.3, -0.25) is 4.79 Å². The highest BCUT2D eigenvalue weighted by Gasteiger charge is 2.35. The van der Waals surface area contributed by atoms with Crippen molar-refractivity contribution in [1.82, 2.24) is 14.2 Å². The Morgan fingerprint density at radius 3 is 2.45 bits per heavy atom. The van der Waals surface area contributed by atoms with Crippen molar-refractivity contribution < 1.29 is 13.2 Å². The maximum Gasteiger partial charge on any atom is 0.252 e. The van der Waals surface area contributed by atoms with Crippen LogP contribution in [0, 0.1) is 19.8 Å². The van der Waals surface area contributed by atoms with Crippen molar-refractivity contribution in [2.24, 2.45) is 5.92 Å². The summed E-state index contributed by atoms with van der Waals surface area (Å²) in [6.07, 6.45) is 1.17. The minimum atomic E-state index is -3.43. The first-order chi connectivity index (χ1) is 15.8. The van der Waals surface area contributed by atoms with E-state index in [2.05, 4.69) is 30.9 Å². The zero-order valence-electron chi connectivity index (χ0n) is 18.9. The molecule has 1 amide bonds. The molecule has 0 spiro atoms. The van der Waals surface area contributed by atoms with E-state index in [1.807, 2.05) is 4.90 Å². The summed E-state index contributed by atoms with van der Waals surface area (Å²) in [5.74, 6) is 0.0676. The molecular weight excluding hydrogens is 476 g/mol. The van der Waals surface area contributed by atoms with E-state index in [0.717, 1.165) is 23.7 Å². The molecule has 0 radical (unpaired) electrons. The first kappa shape index (κ1) is 22.8. The summed E-state index contributed by atoms with van der Waals surface area (Å²) in [5, 5.41) is 2.80. The number of sulfonamides is 1. The zero-order chi connectivity index (χ0) is 23.2. The van der Waals surface area contributed by atoms with Gasteiger partial charge in [0, 0.05) is 45.2 Å². The Kier molecular flexibility index (Phi) is 6.19. The van der Waals surface area contributed by atoms with Gasteiger partial charge >= 0.3 is 0 Å². The minimum absolute atomic E-state index is 0.0978. The van der Waals surface area contributed by atoms with Gasteiger partial charge in [0.05, 0.1) is 10.2 Å². The van der Waals surface area contributed by atoms with Gasteiger partial charge in [0.15, 0.2) is 5.13 Å². The molecule has 3 aromatic rings. The minimum Gasteiger partial charge on any atom is -0.345 e. The lowest BCUT2D eigenvalue weighted by atomic mass is 9.96.